The van der Waals surface area contributed by atoms with Crippen molar-refractivity contribution in [2.45, 2.75) is 6.92 Å². The van der Waals surface area contributed by atoms with Gasteiger partial charge >= 0.3 is 0 Å². The minimum absolute atomic E-state index is 0.0440. The fourth-order valence-electron chi connectivity index (χ4n) is 1.50. The first-order chi connectivity index (χ1) is 6.70. The number of aromatic nitrogens is 1. The summed E-state index contributed by atoms with van der Waals surface area (Å²) in [6.45, 7) is 1.49. The predicted octanol–water partition coefficient (Wildman–Crippen LogP) is 1.73. The lowest BCUT2D eigenvalue weighted by atomic mass is 10.1. The highest BCUT2D eigenvalue weighted by Crippen LogP contribution is 2.14. The summed E-state index contributed by atoms with van der Waals surface area (Å²) in [6.07, 6.45) is 1.47. The van der Waals surface area contributed by atoms with Crippen LogP contribution in [0.2, 0.25) is 0 Å². The normalized spacial score (nSPS) is 10.4. The van der Waals surface area contributed by atoms with Gasteiger partial charge in [0, 0.05) is 17.1 Å². The Bertz CT molecular complexity index is 554. The molecule has 0 fully saturated rings. The number of fused-ring (bicyclic) bond motifs is 1. The van der Waals surface area contributed by atoms with Crippen LogP contribution in [0.3, 0.4) is 0 Å². The molecule has 3 heteroatoms. The monoisotopic (exact) mass is 187 g/mol. The highest BCUT2D eigenvalue weighted by atomic mass is 16.1. The van der Waals surface area contributed by atoms with Crippen molar-refractivity contribution in [1.29, 1.82) is 0 Å². The van der Waals surface area contributed by atoms with Crippen molar-refractivity contribution >= 4 is 16.6 Å². The van der Waals surface area contributed by atoms with Crippen molar-refractivity contribution in [3.8, 4) is 0 Å². The molecule has 0 bridgehead atoms. The first-order valence-corrected chi connectivity index (χ1v) is 4.31. The van der Waals surface area contributed by atoms with Gasteiger partial charge in [-0.2, -0.15) is 0 Å². The van der Waals surface area contributed by atoms with Gasteiger partial charge in [0.25, 0.3) is 5.56 Å². The lowest BCUT2D eigenvalue weighted by Gasteiger charge is -2.01. The number of ketones is 1. The van der Waals surface area contributed by atoms with Crippen LogP contribution in [-0.2, 0) is 0 Å². The second-order valence-corrected chi connectivity index (χ2v) is 3.13. The van der Waals surface area contributed by atoms with Gasteiger partial charge in [-0.3, -0.25) is 9.59 Å². The Morgan fingerprint density at radius 3 is 2.50 bits per heavy atom. The highest BCUT2D eigenvalue weighted by Gasteiger charge is 2.06. The fourth-order valence-corrected chi connectivity index (χ4v) is 1.50. The van der Waals surface area contributed by atoms with Crippen LogP contribution in [-0.4, -0.2) is 10.8 Å². The van der Waals surface area contributed by atoms with Gasteiger partial charge in [-0.15, -0.1) is 0 Å². The summed E-state index contributed by atoms with van der Waals surface area (Å²) >= 11 is 0. The summed E-state index contributed by atoms with van der Waals surface area (Å²) in [5, 5.41) is 1.27. The lowest BCUT2D eigenvalue weighted by molar-refractivity contribution is 0.101. The van der Waals surface area contributed by atoms with E-state index in [-0.39, 0.29) is 11.3 Å². The van der Waals surface area contributed by atoms with E-state index in [4.69, 9.17) is 0 Å². The van der Waals surface area contributed by atoms with Crippen molar-refractivity contribution in [1.82, 2.24) is 4.98 Å². The van der Waals surface area contributed by atoms with E-state index in [0.29, 0.717) is 16.3 Å². The first kappa shape index (κ1) is 8.69. The Hall–Kier alpha value is -1.90. The third-order valence-corrected chi connectivity index (χ3v) is 2.19. The van der Waals surface area contributed by atoms with E-state index in [1.165, 1.54) is 13.1 Å². The van der Waals surface area contributed by atoms with Gasteiger partial charge in [-0.05, 0) is 18.4 Å². The Labute approximate surface area is 80.4 Å². The van der Waals surface area contributed by atoms with E-state index in [2.05, 4.69) is 4.98 Å². The number of carbonyl (C=O) groups excluding carboxylic acids is 1. The van der Waals surface area contributed by atoms with Gasteiger partial charge < -0.3 is 4.98 Å². The summed E-state index contributed by atoms with van der Waals surface area (Å²) < 4.78 is 0. The Balaban J connectivity index is 2.96. The topological polar surface area (TPSA) is 49.9 Å². The molecule has 0 radical (unpaired) electrons. The van der Waals surface area contributed by atoms with Crippen LogP contribution < -0.4 is 5.56 Å². The Kier molecular flexibility index (Phi) is 1.93. The number of pyridine rings is 1. The van der Waals surface area contributed by atoms with Crippen molar-refractivity contribution in [2.75, 3.05) is 0 Å². The Morgan fingerprint density at radius 2 is 1.86 bits per heavy atom. The third-order valence-electron chi connectivity index (χ3n) is 2.19. The molecule has 1 aromatic carbocycles. The van der Waals surface area contributed by atoms with Crippen molar-refractivity contribution in [3.05, 3.63) is 46.4 Å². The van der Waals surface area contributed by atoms with Crippen LogP contribution in [0.15, 0.2) is 35.3 Å². The minimum Gasteiger partial charge on any atom is -0.328 e. The zero-order chi connectivity index (χ0) is 10.1. The van der Waals surface area contributed by atoms with Crippen LogP contribution in [0.1, 0.15) is 17.3 Å². The van der Waals surface area contributed by atoms with Gasteiger partial charge in [0.05, 0.1) is 0 Å². The van der Waals surface area contributed by atoms with E-state index >= 15 is 0 Å². The molecule has 14 heavy (non-hydrogen) atoms. The number of rotatable bonds is 1. The molecule has 70 valence electrons. The number of benzene rings is 1. The summed E-state index contributed by atoms with van der Waals surface area (Å²) in [5.41, 5.74) is 0.394. The lowest BCUT2D eigenvalue weighted by Crippen LogP contribution is -2.08. The molecule has 1 aromatic heterocycles. The molecule has 2 rings (SSSR count). The maximum Gasteiger partial charge on any atom is 0.255 e. The van der Waals surface area contributed by atoms with Crippen molar-refractivity contribution < 1.29 is 4.79 Å². The third kappa shape index (κ3) is 1.23. The number of hydrogen-bond donors (Lipinski definition) is 1. The second-order valence-electron chi connectivity index (χ2n) is 3.13. The maximum absolute atomic E-state index is 11.4. The number of carbonyl (C=O) groups is 1. The maximum atomic E-state index is 11.4. The predicted molar refractivity (Wildman–Crippen MR) is 54.6 cm³/mol. The average molecular weight is 187 g/mol. The quantitative estimate of drug-likeness (QED) is 0.691. The van der Waals surface area contributed by atoms with Crippen LogP contribution in [0, 0.1) is 0 Å². The van der Waals surface area contributed by atoms with E-state index < -0.39 is 0 Å². The molecule has 0 aliphatic carbocycles. The first-order valence-electron chi connectivity index (χ1n) is 4.31. The van der Waals surface area contributed by atoms with Crippen LogP contribution in [0.5, 0.6) is 0 Å². The van der Waals surface area contributed by atoms with Crippen molar-refractivity contribution in [3.63, 3.8) is 0 Å². The van der Waals surface area contributed by atoms with Gasteiger partial charge in [-0.25, -0.2) is 0 Å². The van der Waals surface area contributed by atoms with E-state index in [0.717, 1.165) is 0 Å². The van der Waals surface area contributed by atoms with E-state index in [1.807, 2.05) is 6.07 Å². The largest absolute Gasteiger partial charge is 0.328 e. The number of H-pyrrole nitrogens is 1. The van der Waals surface area contributed by atoms with Crippen LogP contribution >= 0.6 is 0 Å². The molecule has 0 spiro atoms. The average Bonchev–Trinajstić information content (AvgIpc) is 2.18. The molecule has 0 saturated heterocycles. The highest BCUT2D eigenvalue weighted by molar-refractivity contribution is 6.06. The molecular formula is C11H9NO2. The molecule has 0 aliphatic heterocycles. The van der Waals surface area contributed by atoms with Gasteiger partial charge in [0.1, 0.15) is 0 Å². The Morgan fingerprint density at radius 1 is 1.21 bits per heavy atom. The molecule has 0 unspecified atom stereocenters. The molecule has 0 atom stereocenters. The smallest absolute Gasteiger partial charge is 0.255 e. The standard InChI is InChI=1S/C11H9NO2/c1-7(13)10-6-12-11(14)9-5-3-2-4-8(9)10/h2-6H,1H3,(H,12,14). The number of hydrogen-bond acceptors (Lipinski definition) is 2. The van der Waals surface area contributed by atoms with E-state index in [1.54, 1.807) is 18.2 Å². The second kappa shape index (κ2) is 3.10. The van der Waals surface area contributed by atoms with Crippen molar-refractivity contribution in [2.24, 2.45) is 0 Å². The summed E-state index contributed by atoms with van der Waals surface area (Å²) in [6, 6.07) is 7.08. The molecule has 1 heterocycles. The summed E-state index contributed by atoms with van der Waals surface area (Å²) in [5.74, 6) is -0.0440. The van der Waals surface area contributed by atoms with E-state index in [9.17, 15) is 9.59 Å². The summed E-state index contributed by atoms with van der Waals surface area (Å²) in [4.78, 5) is 25.2. The van der Waals surface area contributed by atoms with Crippen LogP contribution in [0.25, 0.3) is 10.8 Å². The molecule has 0 amide bonds. The van der Waals surface area contributed by atoms with Gasteiger partial charge in [0.15, 0.2) is 5.78 Å². The zero-order valence-electron chi connectivity index (χ0n) is 7.70. The minimum atomic E-state index is -0.161. The zero-order valence-corrected chi connectivity index (χ0v) is 7.70. The molecule has 3 nitrogen and oxygen atoms in total. The van der Waals surface area contributed by atoms with Crippen LogP contribution in [0.4, 0.5) is 0 Å². The molecule has 0 aliphatic rings. The molecule has 0 saturated carbocycles. The number of aromatic amines is 1. The molecule has 1 N–H and O–H groups in total. The summed E-state index contributed by atoms with van der Waals surface area (Å²) in [7, 11) is 0. The molecule has 2 aromatic rings. The number of Topliss-reactive ketones (excluding diaryl/α,β-unsaturated/α-hetero) is 1. The molecular weight excluding hydrogens is 178 g/mol. The fraction of sp³-hybridized carbons (Fsp3) is 0.0909. The SMILES string of the molecule is CC(=O)c1c[nH]c(=O)c2ccccc12. The number of nitrogens with one attached hydrogen (secondary N) is 1. The van der Waals surface area contributed by atoms with Gasteiger partial charge in [0.2, 0.25) is 0 Å². The van der Waals surface area contributed by atoms with Gasteiger partial charge in [-0.1, -0.05) is 18.2 Å².